The highest BCUT2D eigenvalue weighted by Gasteiger charge is 2.10. The van der Waals surface area contributed by atoms with Gasteiger partial charge in [-0.15, -0.1) is 0 Å². The van der Waals surface area contributed by atoms with Gasteiger partial charge < -0.3 is 19.9 Å². The monoisotopic (exact) mass is 387 g/mol. The summed E-state index contributed by atoms with van der Waals surface area (Å²) in [6.07, 6.45) is -0.133. The number of ether oxygens (including phenoxy) is 2. The maximum absolute atomic E-state index is 11.0. The molecule has 0 fully saturated rings. The zero-order valence-electron chi connectivity index (χ0n) is 15.3. The number of anilines is 1. The normalized spacial score (nSPS) is 10.9. The van der Waals surface area contributed by atoms with Gasteiger partial charge in [0.25, 0.3) is 0 Å². The van der Waals surface area contributed by atoms with Crippen molar-refractivity contribution in [3.8, 4) is 11.5 Å². The zero-order valence-corrected chi connectivity index (χ0v) is 16.1. The molecular formula is C19H21N3O4S. The highest BCUT2D eigenvalue weighted by Crippen LogP contribution is 2.23. The lowest BCUT2D eigenvalue weighted by atomic mass is 10.0. The van der Waals surface area contributed by atoms with E-state index in [4.69, 9.17) is 26.8 Å². The summed E-state index contributed by atoms with van der Waals surface area (Å²) >= 11 is 5.25. The van der Waals surface area contributed by atoms with Gasteiger partial charge in [-0.25, -0.2) is 0 Å². The number of carboxylic acid groups (broad SMARTS) is 1. The fourth-order valence-electron chi connectivity index (χ4n) is 2.40. The van der Waals surface area contributed by atoms with Crippen molar-refractivity contribution in [1.29, 1.82) is 0 Å². The zero-order chi connectivity index (χ0) is 19.8. The van der Waals surface area contributed by atoms with Crippen molar-refractivity contribution in [1.82, 2.24) is 5.43 Å². The summed E-state index contributed by atoms with van der Waals surface area (Å²) in [5.41, 5.74) is 5.48. The van der Waals surface area contributed by atoms with Crippen molar-refractivity contribution in [3.63, 3.8) is 0 Å². The average molecular weight is 387 g/mol. The number of para-hydroxylation sites is 2. The molecular weight excluding hydrogens is 366 g/mol. The molecule has 142 valence electrons. The molecule has 0 amide bonds. The van der Waals surface area contributed by atoms with Crippen molar-refractivity contribution in [2.75, 3.05) is 19.5 Å². The van der Waals surface area contributed by atoms with Gasteiger partial charge in [-0.1, -0.05) is 12.1 Å². The number of methoxy groups -OCH3 is 2. The minimum atomic E-state index is -0.930. The van der Waals surface area contributed by atoms with Gasteiger partial charge >= 0.3 is 5.97 Å². The lowest BCUT2D eigenvalue weighted by Crippen LogP contribution is -2.25. The third kappa shape index (κ3) is 5.68. The van der Waals surface area contributed by atoms with Gasteiger partial charge in [0, 0.05) is 5.56 Å². The number of nitrogens with zero attached hydrogens (tertiary/aromatic N) is 1. The molecule has 0 aliphatic heterocycles. The summed E-state index contributed by atoms with van der Waals surface area (Å²) in [6, 6.07) is 12.7. The SMILES string of the molecule is COc1ccc(/C(C)=N\NC(=S)Nc2ccccc2OC)cc1CC(=O)O. The molecule has 3 N–H and O–H groups in total. The Bertz CT molecular complexity index is 868. The fraction of sp³-hybridized carbons (Fsp3) is 0.211. The van der Waals surface area contributed by atoms with E-state index in [9.17, 15) is 4.79 Å². The molecule has 27 heavy (non-hydrogen) atoms. The first-order valence-corrected chi connectivity index (χ1v) is 8.48. The van der Waals surface area contributed by atoms with Crippen molar-refractivity contribution >= 4 is 34.7 Å². The second-order valence-electron chi connectivity index (χ2n) is 5.56. The molecule has 0 unspecified atom stereocenters. The van der Waals surface area contributed by atoms with Crippen LogP contribution in [0, 0.1) is 0 Å². The van der Waals surface area contributed by atoms with Crippen LogP contribution in [0.3, 0.4) is 0 Å². The summed E-state index contributed by atoms with van der Waals surface area (Å²) in [6.45, 7) is 1.80. The molecule has 0 saturated heterocycles. The maximum atomic E-state index is 11.0. The van der Waals surface area contributed by atoms with Crippen LogP contribution in [0.2, 0.25) is 0 Å². The van der Waals surface area contributed by atoms with Gasteiger partial charge in [0.15, 0.2) is 5.11 Å². The Kier molecular flexibility index (Phi) is 7.13. The topological polar surface area (TPSA) is 92.2 Å². The van der Waals surface area contributed by atoms with E-state index in [2.05, 4.69) is 15.8 Å². The van der Waals surface area contributed by atoms with Crippen LogP contribution in [0.1, 0.15) is 18.1 Å². The Morgan fingerprint density at radius 3 is 2.52 bits per heavy atom. The number of rotatable bonds is 7. The van der Waals surface area contributed by atoms with E-state index in [-0.39, 0.29) is 6.42 Å². The molecule has 0 aliphatic carbocycles. The lowest BCUT2D eigenvalue weighted by molar-refractivity contribution is -0.136. The molecule has 0 atom stereocenters. The predicted molar refractivity (Wildman–Crippen MR) is 109 cm³/mol. The van der Waals surface area contributed by atoms with Gasteiger partial charge in [-0.05, 0) is 55.0 Å². The van der Waals surface area contributed by atoms with Crippen molar-refractivity contribution in [2.24, 2.45) is 5.10 Å². The standard InChI is InChI=1S/C19H21N3O4S/c1-12(13-8-9-16(25-2)14(10-13)11-18(23)24)21-22-19(27)20-15-6-4-5-7-17(15)26-3/h4-10H,11H2,1-3H3,(H,23,24)(H2,20,22,27)/b21-12-. The number of benzene rings is 2. The number of aliphatic carboxylic acids is 1. The molecule has 2 rings (SSSR count). The van der Waals surface area contributed by atoms with E-state index in [1.165, 1.54) is 7.11 Å². The molecule has 0 radical (unpaired) electrons. The number of thiocarbonyl (C=S) groups is 1. The van der Waals surface area contributed by atoms with Gasteiger partial charge in [-0.2, -0.15) is 5.10 Å². The number of carboxylic acids is 1. The van der Waals surface area contributed by atoms with Gasteiger partial charge in [0.05, 0.1) is 32.0 Å². The second-order valence-corrected chi connectivity index (χ2v) is 5.97. The Balaban J connectivity index is 2.10. The van der Waals surface area contributed by atoms with Crippen molar-refractivity contribution in [3.05, 3.63) is 53.6 Å². The minimum Gasteiger partial charge on any atom is -0.496 e. The Morgan fingerprint density at radius 2 is 1.85 bits per heavy atom. The van der Waals surface area contributed by atoms with E-state index in [0.717, 1.165) is 11.3 Å². The number of hydrazone groups is 1. The van der Waals surface area contributed by atoms with Gasteiger partial charge in [-0.3, -0.25) is 10.2 Å². The third-order valence-electron chi connectivity index (χ3n) is 3.72. The number of hydrogen-bond donors (Lipinski definition) is 3. The van der Waals surface area contributed by atoms with E-state index in [1.807, 2.05) is 24.3 Å². The van der Waals surface area contributed by atoms with Gasteiger partial charge in [0.1, 0.15) is 11.5 Å². The molecule has 0 bridgehead atoms. The maximum Gasteiger partial charge on any atom is 0.307 e. The van der Waals surface area contributed by atoms with Crippen LogP contribution in [0.25, 0.3) is 0 Å². The smallest absolute Gasteiger partial charge is 0.307 e. The van der Waals surface area contributed by atoms with Crippen molar-refractivity contribution in [2.45, 2.75) is 13.3 Å². The molecule has 7 nitrogen and oxygen atoms in total. The number of carbonyl (C=O) groups is 1. The Hall–Kier alpha value is -3.13. The summed E-state index contributed by atoms with van der Waals surface area (Å²) in [5.74, 6) is 0.256. The Labute approximate surface area is 163 Å². The van der Waals surface area contributed by atoms with E-state index >= 15 is 0 Å². The summed E-state index contributed by atoms with van der Waals surface area (Å²) in [7, 11) is 3.09. The predicted octanol–water partition coefficient (Wildman–Crippen LogP) is 3.04. The van der Waals surface area contributed by atoms with Crippen LogP contribution in [-0.2, 0) is 11.2 Å². The van der Waals surface area contributed by atoms with Gasteiger partial charge in [0.2, 0.25) is 0 Å². The first-order chi connectivity index (χ1) is 12.9. The molecule has 0 heterocycles. The molecule has 0 aliphatic rings. The van der Waals surface area contributed by atoms with Crippen LogP contribution in [0.5, 0.6) is 11.5 Å². The average Bonchev–Trinajstić information content (AvgIpc) is 2.66. The summed E-state index contributed by atoms with van der Waals surface area (Å²) < 4.78 is 10.5. The second kappa shape index (κ2) is 9.54. The Morgan fingerprint density at radius 1 is 1.15 bits per heavy atom. The molecule has 0 aromatic heterocycles. The fourth-order valence-corrected chi connectivity index (χ4v) is 2.56. The van der Waals surface area contributed by atoms with E-state index in [1.54, 1.807) is 32.2 Å². The van der Waals surface area contributed by atoms with Crippen LogP contribution >= 0.6 is 12.2 Å². The van der Waals surface area contributed by atoms with E-state index in [0.29, 0.717) is 27.9 Å². The molecule has 2 aromatic carbocycles. The van der Waals surface area contributed by atoms with E-state index < -0.39 is 5.97 Å². The first kappa shape index (κ1) is 20.2. The van der Waals surface area contributed by atoms with Crippen LogP contribution in [0.4, 0.5) is 5.69 Å². The van der Waals surface area contributed by atoms with Crippen LogP contribution in [0.15, 0.2) is 47.6 Å². The third-order valence-corrected chi connectivity index (χ3v) is 3.91. The quantitative estimate of drug-likeness (QED) is 0.382. The van der Waals surface area contributed by atoms with Crippen molar-refractivity contribution < 1.29 is 19.4 Å². The minimum absolute atomic E-state index is 0.133. The molecule has 0 saturated carbocycles. The highest BCUT2D eigenvalue weighted by atomic mass is 32.1. The first-order valence-electron chi connectivity index (χ1n) is 8.08. The molecule has 0 spiro atoms. The van der Waals surface area contributed by atoms with Crippen LogP contribution in [-0.4, -0.2) is 36.1 Å². The summed E-state index contributed by atoms with van der Waals surface area (Å²) in [5, 5.41) is 16.6. The lowest BCUT2D eigenvalue weighted by Gasteiger charge is -2.12. The number of nitrogens with one attached hydrogen (secondary N) is 2. The summed E-state index contributed by atoms with van der Waals surface area (Å²) in [4.78, 5) is 11.0. The number of hydrogen-bond acceptors (Lipinski definition) is 5. The molecule has 2 aromatic rings. The highest BCUT2D eigenvalue weighted by molar-refractivity contribution is 7.80. The molecule has 8 heteroatoms. The largest absolute Gasteiger partial charge is 0.496 e. The van der Waals surface area contributed by atoms with Crippen LogP contribution < -0.4 is 20.2 Å².